The standard InChI is InChI=1S/C27H27N5O2/c28-12-16-9-15-10-23(15)31(16)26(33)22(29)14-30-13-17-11-24(30)27(34)32(17)25-20-7-3-1-5-18(20)19-6-2-4-8-21(19)25/h1-8,15-17,22-25H,9-11,13-14,29H2/t15-,16+,17?,22+,23+,24+/m1/s1. The minimum atomic E-state index is -0.705. The van der Waals surface area contributed by atoms with E-state index in [0.29, 0.717) is 12.5 Å². The lowest BCUT2D eigenvalue weighted by Gasteiger charge is -2.39. The Kier molecular flexibility index (Phi) is 4.24. The van der Waals surface area contributed by atoms with Crippen molar-refractivity contribution >= 4 is 11.8 Å². The summed E-state index contributed by atoms with van der Waals surface area (Å²) in [5.74, 6) is 0.462. The summed E-state index contributed by atoms with van der Waals surface area (Å²) in [7, 11) is 0. The van der Waals surface area contributed by atoms with Gasteiger partial charge in [0.25, 0.3) is 0 Å². The summed E-state index contributed by atoms with van der Waals surface area (Å²) in [5, 5.41) is 9.44. The second-order valence-electron chi connectivity index (χ2n) is 10.5. The van der Waals surface area contributed by atoms with Crippen LogP contribution in [0.25, 0.3) is 11.1 Å². The second-order valence-corrected chi connectivity index (χ2v) is 10.5. The van der Waals surface area contributed by atoms with Crippen LogP contribution in [0.3, 0.4) is 0 Å². The molecule has 3 heterocycles. The molecule has 2 bridgehead atoms. The minimum Gasteiger partial charge on any atom is -0.326 e. The molecule has 0 aromatic heterocycles. The molecular formula is C27H27N5O2. The molecule has 2 amide bonds. The van der Waals surface area contributed by atoms with Gasteiger partial charge in [0.05, 0.1) is 24.2 Å². The fourth-order valence-electron chi connectivity index (χ4n) is 7.07. The van der Waals surface area contributed by atoms with Crippen LogP contribution in [0.4, 0.5) is 0 Å². The fourth-order valence-corrected chi connectivity index (χ4v) is 7.07. The van der Waals surface area contributed by atoms with Gasteiger partial charge in [-0.2, -0.15) is 5.26 Å². The van der Waals surface area contributed by atoms with Crippen molar-refractivity contribution in [3.8, 4) is 17.2 Å². The lowest BCUT2D eigenvalue weighted by molar-refractivity contribution is -0.140. The van der Waals surface area contributed by atoms with Gasteiger partial charge >= 0.3 is 0 Å². The van der Waals surface area contributed by atoms with Crippen LogP contribution in [0.5, 0.6) is 0 Å². The van der Waals surface area contributed by atoms with Gasteiger partial charge in [-0.25, -0.2) is 0 Å². The summed E-state index contributed by atoms with van der Waals surface area (Å²) >= 11 is 0. The lowest BCUT2D eigenvalue weighted by atomic mass is 10.0. The maximum absolute atomic E-state index is 13.7. The first-order valence-corrected chi connectivity index (χ1v) is 12.3. The molecule has 0 spiro atoms. The Bertz CT molecular complexity index is 1210. The van der Waals surface area contributed by atoms with E-state index < -0.39 is 6.04 Å². The monoisotopic (exact) mass is 453 g/mol. The zero-order chi connectivity index (χ0) is 23.1. The molecule has 2 aromatic carbocycles. The van der Waals surface area contributed by atoms with Crippen LogP contribution < -0.4 is 5.73 Å². The number of benzene rings is 2. The van der Waals surface area contributed by atoms with Crippen molar-refractivity contribution in [3.63, 3.8) is 0 Å². The Labute approximate surface area is 198 Å². The average Bonchev–Trinajstić information content (AvgIpc) is 3.15. The Morgan fingerprint density at radius 1 is 1.06 bits per heavy atom. The highest BCUT2D eigenvalue weighted by atomic mass is 16.2. The summed E-state index contributed by atoms with van der Waals surface area (Å²) < 4.78 is 0. The number of carbonyl (C=O) groups is 2. The van der Waals surface area contributed by atoms with Crippen molar-refractivity contribution in [2.24, 2.45) is 11.7 Å². The highest BCUT2D eigenvalue weighted by Gasteiger charge is 2.56. The van der Waals surface area contributed by atoms with Crippen molar-refractivity contribution in [1.82, 2.24) is 14.7 Å². The molecule has 3 saturated heterocycles. The van der Waals surface area contributed by atoms with Gasteiger partial charge in [0.1, 0.15) is 6.04 Å². The molecule has 2 N–H and O–H groups in total. The van der Waals surface area contributed by atoms with E-state index >= 15 is 0 Å². The third-order valence-electron chi connectivity index (χ3n) is 8.65. The van der Waals surface area contributed by atoms with Crippen molar-refractivity contribution in [2.45, 2.75) is 55.5 Å². The molecule has 4 fully saturated rings. The van der Waals surface area contributed by atoms with E-state index in [4.69, 9.17) is 5.73 Å². The number of nitrogens with two attached hydrogens (primary N) is 1. The van der Waals surface area contributed by atoms with Gasteiger partial charge in [0.2, 0.25) is 11.8 Å². The summed E-state index contributed by atoms with van der Waals surface area (Å²) in [5.41, 5.74) is 11.2. The largest absolute Gasteiger partial charge is 0.326 e. The molecule has 2 aromatic rings. The Hall–Kier alpha value is -3.21. The first-order valence-electron chi connectivity index (χ1n) is 12.3. The van der Waals surface area contributed by atoms with Crippen molar-refractivity contribution < 1.29 is 9.59 Å². The first kappa shape index (κ1) is 20.2. The number of hydrogen-bond donors (Lipinski definition) is 1. The lowest BCUT2D eigenvalue weighted by Crippen LogP contribution is -2.57. The van der Waals surface area contributed by atoms with Crippen LogP contribution in [0, 0.1) is 17.2 Å². The van der Waals surface area contributed by atoms with Crippen LogP contribution in [0.2, 0.25) is 0 Å². The number of hydrogen-bond acceptors (Lipinski definition) is 5. The maximum atomic E-state index is 13.7. The fraction of sp³-hybridized carbons (Fsp3) is 0.444. The number of fused-ring (bicyclic) bond motifs is 6. The molecule has 1 saturated carbocycles. The van der Waals surface area contributed by atoms with E-state index in [1.54, 1.807) is 4.90 Å². The van der Waals surface area contributed by atoms with Crippen molar-refractivity contribution in [3.05, 3.63) is 59.7 Å². The maximum Gasteiger partial charge on any atom is 0.242 e. The normalized spacial score (nSPS) is 31.9. The molecule has 7 heteroatoms. The predicted octanol–water partition coefficient (Wildman–Crippen LogP) is 1.88. The summed E-state index contributed by atoms with van der Waals surface area (Å²) in [6.45, 7) is 1.09. The molecule has 3 aliphatic heterocycles. The molecule has 6 atom stereocenters. The number of piperazine rings is 1. The highest BCUT2D eigenvalue weighted by Crippen LogP contribution is 2.50. The predicted molar refractivity (Wildman–Crippen MR) is 125 cm³/mol. The third-order valence-corrected chi connectivity index (χ3v) is 8.65. The van der Waals surface area contributed by atoms with Crippen LogP contribution in [0.1, 0.15) is 36.4 Å². The van der Waals surface area contributed by atoms with E-state index in [1.165, 1.54) is 22.3 Å². The number of rotatable bonds is 4. The number of nitriles is 1. The quantitative estimate of drug-likeness (QED) is 0.763. The van der Waals surface area contributed by atoms with Crippen molar-refractivity contribution in [1.29, 1.82) is 5.26 Å². The van der Waals surface area contributed by atoms with E-state index in [2.05, 4.69) is 52.3 Å². The Balaban J connectivity index is 1.10. The van der Waals surface area contributed by atoms with E-state index in [9.17, 15) is 14.9 Å². The van der Waals surface area contributed by atoms with E-state index in [-0.39, 0.29) is 42.0 Å². The Morgan fingerprint density at radius 3 is 2.38 bits per heavy atom. The number of carbonyl (C=O) groups excluding carboxylic acids is 2. The van der Waals surface area contributed by atoms with Crippen molar-refractivity contribution in [2.75, 3.05) is 13.1 Å². The summed E-state index contributed by atoms with van der Waals surface area (Å²) in [4.78, 5) is 32.7. The van der Waals surface area contributed by atoms with Gasteiger partial charge in [-0.1, -0.05) is 48.5 Å². The third kappa shape index (κ3) is 2.70. The zero-order valence-electron chi connectivity index (χ0n) is 18.9. The van der Waals surface area contributed by atoms with Crippen LogP contribution >= 0.6 is 0 Å². The Morgan fingerprint density at radius 2 is 1.74 bits per heavy atom. The van der Waals surface area contributed by atoms with Gasteiger partial charge in [-0.05, 0) is 47.4 Å². The number of piperidine rings is 1. The number of likely N-dealkylation sites (tertiary alicyclic amines) is 3. The van der Waals surface area contributed by atoms with Gasteiger partial charge in [-0.3, -0.25) is 14.5 Å². The molecule has 7 rings (SSSR count). The van der Waals surface area contributed by atoms with Crippen LogP contribution in [-0.4, -0.2) is 69.8 Å². The molecular weight excluding hydrogens is 426 g/mol. The zero-order valence-corrected chi connectivity index (χ0v) is 18.9. The first-order chi connectivity index (χ1) is 16.6. The SMILES string of the molecule is N#C[C@@H]1C[C@@H]2C[C@@H]2N1C(=O)[C@@H](N)CN1CC2C[C@H]1C(=O)N2C1c2ccccc2-c2ccccc21. The van der Waals surface area contributed by atoms with E-state index in [0.717, 1.165) is 25.8 Å². The van der Waals surface area contributed by atoms with Gasteiger partial charge in [-0.15, -0.1) is 0 Å². The average molecular weight is 454 g/mol. The highest BCUT2D eigenvalue weighted by molar-refractivity contribution is 5.89. The molecule has 0 radical (unpaired) electrons. The molecule has 2 aliphatic carbocycles. The summed E-state index contributed by atoms with van der Waals surface area (Å²) in [6, 6.07) is 18.0. The van der Waals surface area contributed by atoms with Crippen LogP contribution in [-0.2, 0) is 9.59 Å². The molecule has 34 heavy (non-hydrogen) atoms. The van der Waals surface area contributed by atoms with Gasteiger partial charge < -0.3 is 15.5 Å². The summed E-state index contributed by atoms with van der Waals surface area (Å²) in [6.07, 6.45) is 2.53. The number of nitrogens with zero attached hydrogens (tertiary/aromatic N) is 4. The topological polar surface area (TPSA) is 93.7 Å². The molecule has 172 valence electrons. The second kappa shape index (κ2) is 7.14. The minimum absolute atomic E-state index is 0.0554. The van der Waals surface area contributed by atoms with Gasteiger partial charge in [0.15, 0.2) is 0 Å². The molecule has 7 nitrogen and oxygen atoms in total. The van der Waals surface area contributed by atoms with Crippen LogP contribution in [0.15, 0.2) is 48.5 Å². The molecule has 1 unspecified atom stereocenters. The van der Waals surface area contributed by atoms with Gasteiger partial charge in [0, 0.05) is 25.2 Å². The molecule has 5 aliphatic rings. The number of amides is 2. The smallest absolute Gasteiger partial charge is 0.242 e. The van der Waals surface area contributed by atoms with E-state index in [1.807, 2.05) is 12.1 Å².